The van der Waals surface area contributed by atoms with Crippen molar-refractivity contribution in [1.82, 2.24) is 0 Å². The molecule has 0 aliphatic carbocycles. The molecule has 0 aromatic rings. The van der Waals surface area contributed by atoms with E-state index < -0.39 is 0 Å². The summed E-state index contributed by atoms with van der Waals surface area (Å²) in [4.78, 5) is 3.46. The topological polar surface area (TPSA) is 12.4 Å². The van der Waals surface area contributed by atoms with Crippen molar-refractivity contribution < 1.29 is 0 Å². The predicted molar refractivity (Wildman–Crippen MR) is 33.8 cm³/mol. The lowest BCUT2D eigenvalue weighted by Gasteiger charge is -1.82. The molecule has 0 spiro atoms. The summed E-state index contributed by atoms with van der Waals surface area (Å²) in [7, 11) is 0. The van der Waals surface area contributed by atoms with E-state index in [1.807, 2.05) is 6.92 Å². The number of rotatable bonds is 2. The minimum Gasteiger partial charge on any atom is -0.271 e. The van der Waals surface area contributed by atoms with Crippen molar-refractivity contribution in [3.05, 3.63) is 11.2 Å². The van der Waals surface area contributed by atoms with Crippen LogP contribution >= 0.6 is 11.6 Å². The van der Waals surface area contributed by atoms with E-state index in [9.17, 15) is 0 Å². The Labute approximate surface area is 48.7 Å². The van der Waals surface area contributed by atoms with Gasteiger partial charge in [-0.15, -0.1) is 0 Å². The van der Waals surface area contributed by atoms with E-state index in [0.717, 1.165) is 11.5 Å². The van der Waals surface area contributed by atoms with Crippen molar-refractivity contribution in [3.63, 3.8) is 0 Å². The fraction of sp³-hybridized carbons (Fsp3) is 0.400. The van der Waals surface area contributed by atoms with Gasteiger partial charge in [0.1, 0.15) is 0 Å². The van der Waals surface area contributed by atoms with Gasteiger partial charge in [0, 0.05) is 11.2 Å². The average molecular weight is 118 g/mol. The van der Waals surface area contributed by atoms with Crippen LogP contribution < -0.4 is 0 Å². The quantitative estimate of drug-likeness (QED) is 0.492. The van der Waals surface area contributed by atoms with E-state index in [-0.39, 0.29) is 0 Å². The van der Waals surface area contributed by atoms with Gasteiger partial charge in [0.2, 0.25) is 0 Å². The van der Waals surface area contributed by atoms with Crippen molar-refractivity contribution in [2.75, 3.05) is 0 Å². The molecular weight excluding hydrogens is 110 g/mol. The molecule has 0 fully saturated rings. The third kappa shape index (κ3) is 3.53. The summed E-state index contributed by atoms with van der Waals surface area (Å²) < 4.78 is 0. The first-order valence-electron chi connectivity index (χ1n) is 2.11. The molecule has 0 atom stereocenters. The van der Waals surface area contributed by atoms with Gasteiger partial charge in [-0.05, 0) is 13.1 Å². The zero-order valence-corrected chi connectivity index (χ0v) is 5.07. The van der Waals surface area contributed by atoms with Crippen LogP contribution in [0.4, 0.5) is 0 Å². The lowest BCUT2D eigenvalue weighted by atomic mass is 10.5. The van der Waals surface area contributed by atoms with E-state index in [0.29, 0.717) is 0 Å². The van der Waals surface area contributed by atoms with Crippen molar-refractivity contribution >= 4 is 18.3 Å². The smallest absolute Gasteiger partial charge is 0.0405 e. The Morgan fingerprint density at radius 1 is 2.00 bits per heavy atom. The zero-order chi connectivity index (χ0) is 5.70. The molecule has 0 amide bonds. The average Bonchev–Trinajstić information content (AvgIpc) is 1.68. The number of allylic oxidation sites excluding steroid dienone is 1. The van der Waals surface area contributed by atoms with Crippen LogP contribution in [0.1, 0.15) is 13.3 Å². The first-order chi connectivity index (χ1) is 3.31. The molecule has 0 aromatic heterocycles. The van der Waals surface area contributed by atoms with Gasteiger partial charge in [0.15, 0.2) is 0 Å². The zero-order valence-electron chi connectivity index (χ0n) is 4.32. The minimum absolute atomic E-state index is 0.745. The number of nitrogens with zero attached hydrogens (tertiary/aromatic N) is 1. The van der Waals surface area contributed by atoms with Gasteiger partial charge in [0.05, 0.1) is 0 Å². The van der Waals surface area contributed by atoms with E-state index in [2.05, 4.69) is 11.7 Å². The van der Waals surface area contributed by atoms with Crippen LogP contribution in [-0.4, -0.2) is 6.72 Å². The normalized spacial score (nSPS) is 11.4. The third-order valence-electron chi connectivity index (χ3n) is 0.569. The van der Waals surface area contributed by atoms with E-state index in [1.54, 1.807) is 6.20 Å². The maximum absolute atomic E-state index is 5.49. The number of aliphatic imine (C=N–C) groups is 1. The molecule has 2 heteroatoms. The van der Waals surface area contributed by atoms with Gasteiger partial charge in [-0.25, -0.2) is 0 Å². The van der Waals surface area contributed by atoms with Crippen molar-refractivity contribution in [1.29, 1.82) is 0 Å². The van der Waals surface area contributed by atoms with Crippen LogP contribution in [-0.2, 0) is 0 Å². The van der Waals surface area contributed by atoms with Crippen LogP contribution in [0.25, 0.3) is 0 Å². The first kappa shape index (κ1) is 6.70. The van der Waals surface area contributed by atoms with Crippen LogP contribution in [0.3, 0.4) is 0 Å². The fourth-order valence-electron chi connectivity index (χ4n) is 0.190. The fourth-order valence-corrected chi connectivity index (χ4v) is 0.259. The Morgan fingerprint density at radius 3 is 2.71 bits per heavy atom. The van der Waals surface area contributed by atoms with Gasteiger partial charge in [-0.1, -0.05) is 18.5 Å². The van der Waals surface area contributed by atoms with Crippen LogP contribution in [0, 0.1) is 0 Å². The Balaban J connectivity index is 3.49. The second kappa shape index (κ2) is 3.88. The summed E-state index contributed by atoms with van der Waals surface area (Å²) in [6.45, 7) is 5.20. The van der Waals surface area contributed by atoms with Crippen LogP contribution in [0.15, 0.2) is 16.2 Å². The molecule has 0 heterocycles. The lowest BCUT2D eigenvalue weighted by molar-refractivity contribution is 1.18. The summed E-state index contributed by atoms with van der Waals surface area (Å²) >= 11 is 5.49. The summed E-state index contributed by atoms with van der Waals surface area (Å²) in [6, 6.07) is 0. The Hall–Kier alpha value is -0.300. The Bertz CT molecular complexity index is 86.1. The van der Waals surface area contributed by atoms with Crippen LogP contribution in [0.5, 0.6) is 0 Å². The summed E-state index contributed by atoms with van der Waals surface area (Å²) in [5, 5.41) is 0.745. The Morgan fingerprint density at radius 2 is 2.57 bits per heavy atom. The second-order valence-corrected chi connectivity index (χ2v) is 1.60. The molecule has 0 aliphatic rings. The summed E-state index contributed by atoms with van der Waals surface area (Å²) in [5.41, 5.74) is 0. The van der Waals surface area contributed by atoms with Crippen molar-refractivity contribution in [3.8, 4) is 0 Å². The number of halogens is 1. The highest BCUT2D eigenvalue weighted by Gasteiger charge is 1.79. The van der Waals surface area contributed by atoms with Gasteiger partial charge in [-0.2, -0.15) is 0 Å². The van der Waals surface area contributed by atoms with Crippen molar-refractivity contribution in [2.45, 2.75) is 13.3 Å². The monoisotopic (exact) mass is 117 g/mol. The van der Waals surface area contributed by atoms with Gasteiger partial charge in [-0.3, -0.25) is 4.99 Å². The predicted octanol–water partition coefficient (Wildman–Crippen LogP) is 2.18. The molecular formula is C5H8ClN. The number of hydrogen-bond acceptors (Lipinski definition) is 1. The van der Waals surface area contributed by atoms with E-state index in [1.165, 1.54) is 0 Å². The van der Waals surface area contributed by atoms with Crippen molar-refractivity contribution in [2.24, 2.45) is 4.99 Å². The third-order valence-corrected chi connectivity index (χ3v) is 0.934. The van der Waals surface area contributed by atoms with Gasteiger partial charge >= 0.3 is 0 Å². The molecule has 0 bridgehead atoms. The molecule has 0 radical (unpaired) electrons. The molecule has 0 saturated heterocycles. The number of hydrogen-bond donors (Lipinski definition) is 0. The SMILES string of the molecule is C=N/C=C(/Cl)CC. The maximum atomic E-state index is 5.49. The first-order valence-corrected chi connectivity index (χ1v) is 2.49. The molecule has 0 rings (SSSR count). The largest absolute Gasteiger partial charge is 0.271 e. The summed E-state index contributed by atoms with van der Waals surface area (Å²) in [5.74, 6) is 0. The molecule has 0 unspecified atom stereocenters. The minimum atomic E-state index is 0.745. The van der Waals surface area contributed by atoms with E-state index in [4.69, 9.17) is 11.6 Å². The highest BCUT2D eigenvalue weighted by atomic mass is 35.5. The molecule has 0 N–H and O–H groups in total. The highest BCUT2D eigenvalue weighted by molar-refractivity contribution is 6.29. The molecule has 0 saturated carbocycles. The van der Waals surface area contributed by atoms with E-state index >= 15 is 0 Å². The molecule has 40 valence electrons. The van der Waals surface area contributed by atoms with Crippen LogP contribution in [0.2, 0.25) is 0 Å². The lowest BCUT2D eigenvalue weighted by Crippen LogP contribution is -1.60. The molecule has 1 nitrogen and oxygen atoms in total. The highest BCUT2D eigenvalue weighted by Crippen LogP contribution is 2.03. The molecule has 0 aromatic carbocycles. The standard InChI is InChI=1S/C5H8ClN/c1-3-5(6)4-7-2/h4H,2-3H2,1H3/b5-4+. The van der Waals surface area contributed by atoms with Gasteiger partial charge < -0.3 is 0 Å². The Kier molecular flexibility index (Phi) is 3.71. The maximum Gasteiger partial charge on any atom is 0.0405 e. The second-order valence-electron chi connectivity index (χ2n) is 1.11. The summed E-state index contributed by atoms with van der Waals surface area (Å²) in [6.07, 6.45) is 2.38. The molecule has 7 heavy (non-hydrogen) atoms. The van der Waals surface area contributed by atoms with Gasteiger partial charge in [0.25, 0.3) is 0 Å². The molecule has 0 aliphatic heterocycles.